The molecule has 0 rings (SSSR count). The molecular formula is C7H10FN. The summed E-state index contributed by atoms with van der Waals surface area (Å²) >= 11 is 0. The number of nitrogens with one attached hydrogen (secondary N) is 1. The summed E-state index contributed by atoms with van der Waals surface area (Å²) in [4.78, 5) is 0. The molecule has 0 unspecified atom stereocenters. The predicted octanol–water partition coefficient (Wildman–Crippen LogP) is 2.11. The summed E-state index contributed by atoms with van der Waals surface area (Å²) < 4.78 is 11.9. The van der Waals surface area contributed by atoms with Crippen molar-refractivity contribution in [3.8, 4) is 0 Å². The smallest absolute Gasteiger partial charge is 0.113 e. The molecule has 0 saturated carbocycles. The van der Waals surface area contributed by atoms with Crippen molar-refractivity contribution in [2.45, 2.75) is 6.92 Å². The number of hydrogen-bond acceptors (Lipinski definition) is 1. The maximum absolute atomic E-state index is 11.9. The number of halogens is 1. The Kier molecular flexibility index (Phi) is 3.44. The SMILES string of the molecule is C=CC(=C)N/C=C(/C)F. The first-order chi connectivity index (χ1) is 4.16. The second-order valence-electron chi connectivity index (χ2n) is 1.60. The third kappa shape index (κ3) is 4.81. The Labute approximate surface area is 54.6 Å². The van der Waals surface area contributed by atoms with E-state index in [2.05, 4.69) is 18.5 Å². The van der Waals surface area contributed by atoms with Crippen LogP contribution in [-0.2, 0) is 0 Å². The first kappa shape index (κ1) is 7.95. The van der Waals surface area contributed by atoms with Crippen LogP contribution in [0.5, 0.6) is 0 Å². The zero-order valence-corrected chi connectivity index (χ0v) is 5.45. The van der Waals surface area contributed by atoms with Crippen LogP contribution in [0.3, 0.4) is 0 Å². The Morgan fingerprint density at radius 1 is 1.67 bits per heavy atom. The van der Waals surface area contributed by atoms with E-state index in [0.717, 1.165) is 0 Å². The quantitative estimate of drug-likeness (QED) is 0.572. The van der Waals surface area contributed by atoms with E-state index in [9.17, 15) is 4.39 Å². The highest BCUT2D eigenvalue weighted by molar-refractivity contribution is 5.11. The van der Waals surface area contributed by atoms with E-state index in [-0.39, 0.29) is 5.83 Å². The van der Waals surface area contributed by atoms with Gasteiger partial charge in [0.1, 0.15) is 5.83 Å². The van der Waals surface area contributed by atoms with Gasteiger partial charge >= 0.3 is 0 Å². The molecule has 0 amide bonds. The van der Waals surface area contributed by atoms with Crippen LogP contribution in [0.1, 0.15) is 6.92 Å². The Morgan fingerprint density at radius 2 is 2.22 bits per heavy atom. The van der Waals surface area contributed by atoms with E-state index in [1.54, 1.807) is 0 Å². The Bertz CT molecular complexity index is 143. The molecule has 0 aliphatic rings. The average Bonchev–Trinajstić information content (AvgIpc) is 1.83. The molecule has 0 aromatic rings. The second kappa shape index (κ2) is 3.89. The van der Waals surface area contributed by atoms with Gasteiger partial charge in [-0.15, -0.1) is 0 Å². The van der Waals surface area contributed by atoms with Gasteiger partial charge in [-0.25, -0.2) is 4.39 Å². The lowest BCUT2D eigenvalue weighted by Crippen LogP contribution is -1.99. The van der Waals surface area contributed by atoms with Gasteiger partial charge in [0.25, 0.3) is 0 Å². The fourth-order valence-corrected chi connectivity index (χ4v) is 0.251. The van der Waals surface area contributed by atoms with Crippen LogP contribution in [0.2, 0.25) is 0 Å². The standard InChI is InChI=1S/C7H10FN/c1-4-7(3)9-5-6(2)8/h4-5,9H,1,3H2,2H3/b6-5-. The Hall–Kier alpha value is -1.05. The van der Waals surface area contributed by atoms with Crippen molar-refractivity contribution in [2.75, 3.05) is 0 Å². The van der Waals surface area contributed by atoms with Gasteiger partial charge in [-0.1, -0.05) is 13.2 Å². The van der Waals surface area contributed by atoms with E-state index in [4.69, 9.17) is 0 Å². The van der Waals surface area contributed by atoms with Crippen molar-refractivity contribution in [1.82, 2.24) is 5.32 Å². The maximum atomic E-state index is 11.9. The summed E-state index contributed by atoms with van der Waals surface area (Å²) in [7, 11) is 0. The Balaban J connectivity index is 3.63. The first-order valence-electron chi connectivity index (χ1n) is 2.57. The van der Waals surface area contributed by atoms with Crippen LogP contribution in [0.4, 0.5) is 4.39 Å². The summed E-state index contributed by atoms with van der Waals surface area (Å²) in [6.07, 6.45) is 2.74. The topological polar surface area (TPSA) is 12.0 Å². The van der Waals surface area contributed by atoms with E-state index >= 15 is 0 Å². The van der Waals surface area contributed by atoms with Gasteiger partial charge in [-0.3, -0.25) is 0 Å². The summed E-state index contributed by atoms with van der Waals surface area (Å²) in [5.41, 5.74) is 0.590. The van der Waals surface area contributed by atoms with Crippen molar-refractivity contribution < 1.29 is 4.39 Å². The molecule has 0 saturated heterocycles. The van der Waals surface area contributed by atoms with Crippen molar-refractivity contribution in [1.29, 1.82) is 0 Å². The minimum atomic E-state index is -0.280. The van der Waals surface area contributed by atoms with Gasteiger partial charge in [0.2, 0.25) is 0 Å². The summed E-state index contributed by atoms with van der Waals surface area (Å²) in [5.74, 6) is -0.280. The summed E-state index contributed by atoms with van der Waals surface area (Å²) in [6, 6.07) is 0. The molecule has 0 radical (unpaired) electrons. The lowest BCUT2D eigenvalue weighted by atomic mass is 10.5. The molecular weight excluding hydrogens is 117 g/mol. The van der Waals surface area contributed by atoms with Crippen LogP contribution < -0.4 is 5.32 Å². The van der Waals surface area contributed by atoms with Crippen molar-refractivity contribution in [2.24, 2.45) is 0 Å². The minimum Gasteiger partial charge on any atom is -0.360 e. The van der Waals surface area contributed by atoms with Gasteiger partial charge in [0.05, 0.1) is 0 Å². The molecule has 0 spiro atoms. The highest BCUT2D eigenvalue weighted by Gasteiger charge is 1.81. The molecule has 0 bridgehead atoms. The van der Waals surface area contributed by atoms with Crippen LogP contribution >= 0.6 is 0 Å². The lowest BCUT2D eigenvalue weighted by molar-refractivity contribution is 0.631. The van der Waals surface area contributed by atoms with E-state index in [1.165, 1.54) is 19.2 Å². The first-order valence-corrected chi connectivity index (χ1v) is 2.57. The zero-order valence-electron chi connectivity index (χ0n) is 5.45. The fraction of sp³-hybridized carbons (Fsp3) is 0.143. The lowest BCUT2D eigenvalue weighted by Gasteiger charge is -1.95. The molecule has 50 valence electrons. The fourth-order valence-electron chi connectivity index (χ4n) is 0.251. The number of rotatable bonds is 3. The molecule has 0 aromatic carbocycles. The van der Waals surface area contributed by atoms with Gasteiger partial charge in [-0.05, 0) is 13.0 Å². The third-order valence-electron chi connectivity index (χ3n) is 0.703. The molecule has 2 heteroatoms. The number of allylic oxidation sites excluding steroid dienone is 2. The minimum absolute atomic E-state index is 0.280. The Morgan fingerprint density at radius 3 is 2.56 bits per heavy atom. The summed E-state index contributed by atoms with van der Waals surface area (Å²) in [5, 5.41) is 2.58. The normalized spacial score (nSPS) is 10.7. The molecule has 0 aliphatic carbocycles. The van der Waals surface area contributed by atoms with Crippen LogP contribution in [0, 0.1) is 0 Å². The van der Waals surface area contributed by atoms with Crippen molar-refractivity contribution >= 4 is 0 Å². The molecule has 0 aliphatic heterocycles. The van der Waals surface area contributed by atoms with E-state index < -0.39 is 0 Å². The molecule has 1 N–H and O–H groups in total. The van der Waals surface area contributed by atoms with E-state index in [0.29, 0.717) is 5.70 Å². The highest BCUT2D eigenvalue weighted by atomic mass is 19.1. The molecule has 0 fully saturated rings. The van der Waals surface area contributed by atoms with Gasteiger partial charge in [0.15, 0.2) is 0 Å². The maximum Gasteiger partial charge on any atom is 0.113 e. The van der Waals surface area contributed by atoms with Crippen molar-refractivity contribution in [3.05, 3.63) is 37.0 Å². The van der Waals surface area contributed by atoms with Crippen molar-refractivity contribution in [3.63, 3.8) is 0 Å². The van der Waals surface area contributed by atoms with E-state index in [1.807, 2.05) is 0 Å². The monoisotopic (exact) mass is 127 g/mol. The third-order valence-corrected chi connectivity index (χ3v) is 0.703. The van der Waals surface area contributed by atoms with Crippen LogP contribution in [0.25, 0.3) is 0 Å². The highest BCUT2D eigenvalue weighted by Crippen LogP contribution is 1.91. The molecule has 0 aromatic heterocycles. The molecule has 1 nitrogen and oxygen atoms in total. The van der Waals surface area contributed by atoms with Gasteiger partial charge < -0.3 is 5.32 Å². The average molecular weight is 127 g/mol. The second-order valence-corrected chi connectivity index (χ2v) is 1.60. The van der Waals surface area contributed by atoms with Gasteiger partial charge in [0, 0.05) is 11.9 Å². The van der Waals surface area contributed by atoms with Crippen LogP contribution in [0.15, 0.2) is 37.0 Å². The molecule has 9 heavy (non-hydrogen) atoms. The van der Waals surface area contributed by atoms with Crippen LogP contribution in [-0.4, -0.2) is 0 Å². The largest absolute Gasteiger partial charge is 0.360 e. The zero-order chi connectivity index (χ0) is 7.28. The molecule has 0 heterocycles. The predicted molar refractivity (Wildman–Crippen MR) is 37.3 cm³/mol. The summed E-state index contributed by atoms with van der Waals surface area (Å²) in [6.45, 7) is 8.28. The number of hydrogen-bond donors (Lipinski definition) is 1. The van der Waals surface area contributed by atoms with Gasteiger partial charge in [-0.2, -0.15) is 0 Å². The molecule has 0 atom stereocenters.